The first-order valence-electron chi connectivity index (χ1n) is 7.57. The van der Waals surface area contributed by atoms with Crippen LogP contribution in [0.2, 0.25) is 0 Å². The molecule has 0 fully saturated rings. The summed E-state index contributed by atoms with van der Waals surface area (Å²) >= 11 is 1.56. The zero-order chi connectivity index (χ0) is 17.4. The number of thiazole rings is 1. The van der Waals surface area contributed by atoms with E-state index in [1.54, 1.807) is 41.8 Å². The van der Waals surface area contributed by atoms with Crippen molar-refractivity contribution in [1.82, 2.24) is 9.97 Å². The number of H-pyrrole nitrogens is 1. The van der Waals surface area contributed by atoms with Crippen molar-refractivity contribution in [2.45, 2.75) is 6.92 Å². The van der Waals surface area contributed by atoms with E-state index in [9.17, 15) is 9.59 Å². The van der Waals surface area contributed by atoms with Gasteiger partial charge in [0.25, 0.3) is 11.8 Å². The third-order valence-electron chi connectivity index (χ3n) is 3.71. The maximum absolute atomic E-state index is 12.4. The van der Waals surface area contributed by atoms with Gasteiger partial charge in [-0.3, -0.25) is 9.59 Å². The summed E-state index contributed by atoms with van der Waals surface area (Å²) < 4.78 is 5.30. The average Bonchev–Trinajstić information content (AvgIpc) is 3.23. The number of fused-ring (bicyclic) bond motifs is 1. The molecule has 4 rings (SSSR count). The van der Waals surface area contributed by atoms with E-state index < -0.39 is 0 Å². The summed E-state index contributed by atoms with van der Waals surface area (Å²) in [6.45, 7) is 1.94. The minimum atomic E-state index is -0.277. The highest BCUT2D eigenvalue weighted by molar-refractivity contribution is 7.09. The fraction of sp³-hybridized carbons (Fsp3) is 0.118. The molecule has 2 amide bonds. The van der Waals surface area contributed by atoms with Crippen molar-refractivity contribution in [2.24, 2.45) is 0 Å². The summed E-state index contributed by atoms with van der Waals surface area (Å²) in [4.78, 5) is 31.2. The summed E-state index contributed by atoms with van der Waals surface area (Å²) in [5.41, 5.74) is 3.24. The number of amides is 2. The molecule has 0 unspecified atom stereocenters. The van der Waals surface area contributed by atoms with E-state index >= 15 is 0 Å². The van der Waals surface area contributed by atoms with Crippen molar-refractivity contribution in [1.29, 1.82) is 0 Å². The van der Waals surface area contributed by atoms with Crippen molar-refractivity contribution >= 4 is 34.5 Å². The van der Waals surface area contributed by atoms with Crippen LogP contribution in [-0.2, 0) is 4.79 Å². The van der Waals surface area contributed by atoms with Crippen LogP contribution >= 0.6 is 11.3 Å². The number of carbonyl (C=O) groups excluding carboxylic acids is 2. The Morgan fingerprint density at radius 1 is 1.36 bits per heavy atom. The number of benzene rings is 1. The lowest BCUT2D eigenvalue weighted by Gasteiger charge is -2.18. The molecular weight excluding hydrogens is 340 g/mol. The molecule has 3 heterocycles. The van der Waals surface area contributed by atoms with Gasteiger partial charge in [-0.05, 0) is 31.2 Å². The van der Waals surface area contributed by atoms with Gasteiger partial charge in [0.05, 0.1) is 16.4 Å². The summed E-state index contributed by atoms with van der Waals surface area (Å²) in [5.74, 6) is 0.0865. The molecule has 3 aromatic rings. The third-order valence-corrected chi connectivity index (χ3v) is 4.49. The number of aryl methyl sites for hydroxylation is 1. The fourth-order valence-corrected chi connectivity index (χ4v) is 3.15. The van der Waals surface area contributed by atoms with Crippen molar-refractivity contribution in [2.75, 3.05) is 17.2 Å². The van der Waals surface area contributed by atoms with Gasteiger partial charge in [0.2, 0.25) is 0 Å². The summed E-state index contributed by atoms with van der Waals surface area (Å²) in [6, 6.07) is 6.86. The maximum Gasteiger partial charge on any atom is 0.272 e. The second kappa shape index (κ2) is 6.06. The highest BCUT2D eigenvalue weighted by atomic mass is 32.1. The van der Waals surface area contributed by atoms with E-state index in [4.69, 9.17) is 4.74 Å². The van der Waals surface area contributed by atoms with Gasteiger partial charge in [-0.2, -0.15) is 0 Å². The number of rotatable bonds is 3. The topological polar surface area (TPSA) is 96.1 Å². The van der Waals surface area contributed by atoms with E-state index in [-0.39, 0.29) is 18.4 Å². The van der Waals surface area contributed by atoms with Gasteiger partial charge in [-0.1, -0.05) is 0 Å². The second-order valence-electron chi connectivity index (χ2n) is 5.56. The minimum absolute atomic E-state index is 0.0000505. The monoisotopic (exact) mass is 354 g/mol. The molecule has 1 aliphatic rings. The zero-order valence-electron chi connectivity index (χ0n) is 13.3. The number of nitrogens with zero attached hydrogens (tertiary/aromatic N) is 1. The van der Waals surface area contributed by atoms with Crippen LogP contribution in [0, 0.1) is 6.92 Å². The number of nitrogens with one attached hydrogen (secondary N) is 3. The normalized spacial score (nSPS) is 12.9. The standard InChI is InChI=1S/C17H14N4O3S/c1-9-19-14(8-25-9)10-4-13(18-6-10)17(23)20-11-2-3-15-12(5-11)21-16(22)7-24-15/h2-6,8,18H,7H2,1H3,(H,20,23)(H,21,22). The Balaban J connectivity index is 1.52. The molecule has 7 nitrogen and oxygen atoms in total. The number of anilines is 2. The van der Waals surface area contributed by atoms with E-state index in [0.717, 1.165) is 16.3 Å². The Bertz CT molecular complexity index is 976. The molecule has 0 saturated carbocycles. The highest BCUT2D eigenvalue weighted by Crippen LogP contribution is 2.30. The molecule has 8 heteroatoms. The fourth-order valence-electron chi connectivity index (χ4n) is 2.53. The van der Waals surface area contributed by atoms with Crippen LogP contribution in [0.4, 0.5) is 11.4 Å². The van der Waals surface area contributed by atoms with Gasteiger partial charge in [-0.15, -0.1) is 11.3 Å². The van der Waals surface area contributed by atoms with Crippen molar-refractivity contribution < 1.29 is 14.3 Å². The molecule has 1 aliphatic heterocycles. The molecule has 0 atom stereocenters. The molecule has 0 radical (unpaired) electrons. The Labute approximate surface area is 147 Å². The lowest BCUT2D eigenvalue weighted by molar-refractivity contribution is -0.118. The highest BCUT2D eigenvalue weighted by Gasteiger charge is 2.17. The number of ether oxygens (including phenoxy) is 1. The lowest BCUT2D eigenvalue weighted by Crippen LogP contribution is -2.25. The third kappa shape index (κ3) is 3.11. The Morgan fingerprint density at radius 2 is 2.24 bits per heavy atom. The smallest absolute Gasteiger partial charge is 0.272 e. The number of hydrogen-bond acceptors (Lipinski definition) is 5. The molecule has 25 heavy (non-hydrogen) atoms. The predicted octanol–water partition coefficient (Wildman–Crippen LogP) is 3.03. The van der Waals surface area contributed by atoms with Gasteiger partial charge in [-0.25, -0.2) is 4.98 Å². The number of hydrogen-bond donors (Lipinski definition) is 3. The maximum atomic E-state index is 12.4. The first-order chi connectivity index (χ1) is 12.1. The second-order valence-corrected chi connectivity index (χ2v) is 6.62. The van der Waals surface area contributed by atoms with Crippen molar-refractivity contribution in [3.8, 4) is 17.0 Å². The molecule has 0 aliphatic carbocycles. The Kier molecular flexibility index (Phi) is 3.73. The summed E-state index contributed by atoms with van der Waals surface area (Å²) in [7, 11) is 0. The summed E-state index contributed by atoms with van der Waals surface area (Å²) in [5, 5.41) is 8.43. The molecule has 126 valence electrons. The van der Waals surface area contributed by atoms with Crippen molar-refractivity contribution in [3.05, 3.63) is 46.5 Å². The molecule has 2 aromatic heterocycles. The minimum Gasteiger partial charge on any atom is -0.482 e. The average molecular weight is 354 g/mol. The van der Waals surface area contributed by atoms with Crippen LogP contribution in [0.25, 0.3) is 11.3 Å². The first kappa shape index (κ1) is 15.4. The molecule has 0 saturated heterocycles. The van der Waals surface area contributed by atoms with Crippen LogP contribution in [0.3, 0.4) is 0 Å². The van der Waals surface area contributed by atoms with E-state index in [0.29, 0.717) is 22.8 Å². The molecule has 0 bridgehead atoms. The predicted molar refractivity (Wildman–Crippen MR) is 95.2 cm³/mol. The number of aromatic amines is 1. The molecule has 0 spiro atoms. The SMILES string of the molecule is Cc1nc(-c2c[nH]c(C(=O)Nc3ccc4c(c3)NC(=O)CO4)c2)cs1. The quantitative estimate of drug-likeness (QED) is 0.673. The van der Waals surface area contributed by atoms with Crippen LogP contribution < -0.4 is 15.4 Å². The van der Waals surface area contributed by atoms with Crippen LogP contribution in [0.5, 0.6) is 5.75 Å². The van der Waals surface area contributed by atoms with Gasteiger partial charge >= 0.3 is 0 Å². The zero-order valence-corrected chi connectivity index (χ0v) is 14.1. The Hall–Kier alpha value is -3.13. The van der Waals surface area contributed by atoms with Crippen LogP contribution in [0.15, 0.2) is 35.8 Å². The number of aromatic nitrogens is 2. The summed E-state index contributed by atoms with van der Waals surface area (Å²) in [6.07, 6.45) is 1.75. The molecular formula is C17H14N4O3S. The first-order valence-corrected chi connectivity index (χ1v) is 8.45. The van der Waals surface area contributed by atoms with Gasteiger partial charge in [0.15, 0.2) is 6.61 Å². The van der Waals surface area contributed by atoms with Crippen LogP contribution in [0.1, 0.15) is 15.5 Å². The van der Waals surface area contributed by atoms with E-state index in [2.05, 4.69) is 20.6 Å². The van der Waals surface area contributed by atoms with Crippen molar-refractivity contribution in [3.63, 3.8) is 0 Å². The number of carbonyl (C=O) groups is 2. The van der Waals surface area contributed by atoms with E-state index in [1.807, 2.05) is 12.3 Å². The van der Waals surface area contributed by atoms with E-state index in [1.165, 1.54) is 0 Å². The molecule has 3 N–H and O–H groups in total. The van der Waals surface area contributed by atoms with Gasteiger partial charge in [0, 0.05) is 22.8 Å². The Morgan fingerprint density at radius 3 is 3.04 bits per heavy atom. The van der Waals surface area contributed by atoms with Gasteiger partial charge < -0.3 is 20.4 Å². The lowest BCUT2D eigenvalue weighted by atomic mass is 10.2. The van der Waals surface area contributed by atoms with Crippen LogP contribution in [-0.4, -0.2) is 28.4 Å². The molecule has 1 aromatic carbocycles. The largest absolute Gasteiger partial charge is 0.482 e. The van der Waals surface area contributed by atoms with Gasteiger partial charge in [0.1, 0.15) is 11.4 Å².